The summed E-state index contributed by atoms with van der Waals surface area (Å²) in [4.78, 5) is 11.5. The predicted molar refractivity (Wildman–Crippen MR) is 48.4 cm³/mol. The zero-order valence-corrected chi connectivity index (χ0v) is 7.73. The van der Waals surface area contributed by atoms with Crippen LogP contribution in [0.5, 0.6) is 0 Å². The van der Waals surface area contributed by atoms with E-state index in [9.17, 15) is 4.79 Å². The number of fused-ring (bicyclic) bond motifs is 1. The maximum atomic E-state index is 11.5. The number of nitrogens with two attached hydrogens (primary N) is 1. The van der Waals surface area contributed by atoms with Crippen molar-refractivity contribution in [2.45, 2.75) is 31.8 Å². The molecule has 5 heteroatoms. The smallest absolute Gasteiger partial charge is 0.328 e. The third-order valence-corrected chi connectivity index (χ3v) is 2.55. The standard InChI is InChI=1S/C8H14N4O/c1-11-8(13)12-5-4-6(9)2-3-7(12)10-11/h6H,2-5,9H2,1H3/t6-/m1/s1. The van der Waals surface area contributed by atoms with E-state index in [1.807, 2.05) is 0 Å². The Morgan fingerprint density at radius 3 is 3.08 bits per heavy atom. The number of hydrogen-bond acceptors (Lipinski definition) is 3. The Morgan fingerprint density at radius 2 is 2.31 bits per heavy atom. The van der Waals surface area contributed by atoms with Crippen LogP contribution in [-0.4, -0.2) is 20.4 Å². The van der Waals surface area contributed by atoms with Crippen LogP contribution in [0.25, 0.3) is 0 Å². The number of rotatable bonds is 0. The molecule has 0 saturated carbocycles. The van der Waals surface area contributed by atoms with Gasteiger partial charge in [-0.3, -0.25) is 4.57 Å². The lowest BCUT2D eigenvalue weighted by Gasteiger charge is -2.04. The van der Waals surface area contributed by atoms with E-state index < -0.39 is 0 Å². The Labute approximate surface area is 76.2 Å². The monoisotopic (exact) mass is 182 g/mol. The minimum atomic E-state index is -0.0240. The van der Waals surface area contributed by atoms with Crippen LogP contribution in [0.3, 0.4) is 0 Å². The van der Waals surface area contributed by atoms with Gasteiger partial charge in [0.25, 0.3) is 0 Å². The summed E-state index contributed by atoms with van der Waals surface area (Å²) in [6, 6.07) is 0.214. The highest BCUT2D eigenvalue weighted by molar-refractivity contribution is 4.91. The van der Waals surface area contributed by atoms with Gasteiger partial charge in [-0.05, 0) is 12.8 Å². The van der Waals surface area contributed by atoms with Crippen LogP contribution < -0.4 is 11.4 Å². The molecule has 0 radical (unpaired) electrons. The fraction of sp³-hybridized carbons (Fsp3) is 0.750. The summed E-state index contributed by atoms with van der Waals surface area (Å²) in [5.74, 6) is 0.875. The van der Waals surface area contributed by atoms with E-state index in [1.165, 1.54) is 4.68 Å². The van der Waals surface area contributed by atoms with Gasteiger partial charge in [-0.1, -0.05) is 0 Å². The fourth-order valence-corrected chi connectivity index (χ4v) is 1.72. The van der Waals surface area contributed by atoms with Gasteiger partial charge in [-0.2, -0.15) is 5.10 Å². The predicted octanol–water partition coefficient (Wildman–Crippen LogP) is -0.755. The van der Waals surface area contributed by atoms with Crippen LogP contribution in [-0.2, 0) is 20.0 Å². The number of nitrogens with zero attached hydrogens (tertiary/aromatic N) is 3. The highest BCUT2D eigenvalue weighted by Crippen LogP contribution is 2.09. The Morgan fingerprint density at radius 1 is 1.54 bits per heavy atom. The largest absolute Gasteiger partial charge is 0.345 e. The first-order chi connectivity index (χ1) is 6.18. The van der Waals surface area contributed by atoms with E-state index in [0.717, 1.165) is 25.1 Å². The minimum Gasteiger partial charge on any atom is -0.328 e. The molecule has 0 aromatic carbocycles. The molecule has 1 aliphatic rings. The molecule has 2 rings (SSSR count). The van der Waals surface area contributed by atoms with E-state index in [1.54, 1.807) is 11.6 Å². The second kappa shape index (κ2) is 2.99. The molecule has 5 nitrogen and oxygen atoms in total. The summed E-state index contributed by atoms with van der Waals surface area (Å²) >= 11 is 0. The van der Waals surface area contributed by atoms with Crippen molar-refractivity contribution in [3.63, 3.8) is 0 Å². The second-order valence-corrected chi connectivity index (χ2v) is 3.56. The van der Waals surface area contributed by atoms with Crippen molar-refractivity contribution in [3.8, 4) is 0 Å². The van der Waals surface area contributed by atoms with Crippen molar-refractivity contribution in [2.75, 3.05) is 0 Å². The van der Waals surface area contributed by atoms with Crippen LogP contribution >= 0.6 is 0 Å². The topological polar surface area (TPSA) is 65.8 Å². The summed E-state index contributed by atoms with van der Waals surface area (Å²) in [5.41, 5.74) is 5.79. The van der Waals surface area contributed by atoms with E-state index in [0.29, 0.717) is 6.54 Å². The molecule has 1 atom stereocenters. The molecule has 2 N–H and O–H groups in total. The zero-order chi connectivity index (χ0) is 9.42. The van der Waals surface area contributed by atoms with Gasteiger partial charge in [0.2, 0.25) is 0 Å². The lowest BCUT2D eigenvalue weighted by atomic mass is 10.1. The third-order valence-electron chi connectivity index (χ3n) is 2.55. The average Bonchev–Trinajstić information content (AvgIpc) is 2.28. The molecule has 13 heavy (non-hydrogen) atoms. The number of aromatic nitrogens is 3. The molecular weight excluding hydrogens is 168 g/mol. The number of hydrogen-bond donors (Lipinski definition) is 1. The molecule has 1 aromatic rings. The molecule has 0 amide bonds. The Hall–Kier alpha value is -1.10. The number of aryl methyl sites for hydroxylation is 2. The van der Waals surface area contributed by atoms with Crippen molar-refractivity contribution in [2.24, 2.45) is 12.8 Å². The van der Waals surface area contributed by atoms with Crippen LogP contribution in [0.2, 0.25) is 0 Å². The lowest BCUT2D eigenvalue weighted by molar-refractivity contribution is 0.538. The average molecular weight is 182 g/mol. The van der Waals surface area contributed by atoms with Crippen LogP contribution in [0.15, 0.2) is 4.79 Å². The van der Waals surface area contributed by atoms with Gasteiger partial charge in [-0.15, -0.1) is 0 Å². The molecule has 0 spiro atoms. The van der Waals surface area contributed by atoms with Gasteiger partial charge in [0.1, 0.15) is 5.82 Å². The van der Waals surface area contributed by atoms with Gasteiger partial charge in [-0.25, -0.2) is 9.48 Å². The molecule has 0 saturated heterocycles. The summed E-state index contributed by atoms with van der Waals surface area (Å²) in [6.07, 6.45) is 2.62. The normalized spacial score (nSPS) is 22.5. The minimum absolute atomic E-state index is 0.0240. The Kier molecular flexibility index (Phi) is 1.95. The van der Waals surface area contributed by atoms with Crippen LogP contribution in [0.1, 0.15) is 18.7 Å². The van der Waals surface area contributed by atoms with Crippen molar-refractivity contribution >= 4 is 0 Å². The maximum Gasteiger partial charge on any atom is 0.345 e. The van der Waals surface area contributed by atoms with E-state index in [4.69, 9.17) is 5.73 Å². The van der Waals surface area contributed by atoms with Crippen molar-refractivity contribution < 1.29 is 0 Å². The molecule has 1 aliphatic heterocycles. The Balaban J connectivity index is 2.40. The van der Waals surface area contributed by atoms with Crippen molar-refractivity contribution in [1.29, 1.82) is 0 Å². The van der Waals surface area contributed by atoms with E-state index >= 15 is 0 Å². The molecular formula is C8H14N4O. The van der Waals surface area contributed by atoms with Crippen molar-refractivity contribution in [3.05, 3.63) is 16.3 Å². The lowest BCUT2D eigenvalue weighted by Crippen LogP contribution is -2.25. The quantitative estimate of drug-likeness (QED) is 0.574. The first kappa shape index (κ1) is 8.50. The third kappa shape index (κ3) is 1.39. The second-order valence-electron chi connectivity index (χ2n) is 3.56. The van der Waals surface area contributed by atoms with Gasteiger partial charge in [0, 0.05) is 26.1 Å². The SMILES string of the molecule is Cn1nc2n(c1=O)CC[C@H](N)CC2. The summed E-state index contributed by atoms with van der Waals surface area (Å²) in [5, 5.41) is 4.16. The molecule has 0 unspecified atom stereocenters. The first-order valence-corrected chi connectivity index (χ1v) is 4.57. The van der Waals surface area contributed by atoms with Gasteiger partial charge >= 0.3 is 5.69 Å². The fourth-order valence-electron chi connectivity index (χ4n) is 1.72. The van der Waals surface area contributed by atoms with Crippen LogP contribution in [0.4, 0.5) is 0 Å². The van der Waals surface area contributed by atoms with Gasteiger partial charge in [0.05, 0.1) is 0 Å². The Bertz CT molecular complexity index is 365. The first-order valence-electron chi connectivity index (χ1n) is 4.57. The highest BCUT2D eigenvalue weighted by Gasteiger charge is 2.17. The molecule has 2 heterocycles. The summed E-state index contributed by atoms with van der Waals surface area (Å²) in [7, 11) is 1.68. The molecule has 0 fully saturated rings. The van der Waals surface area contributed by atoms with Crippen LogP contribution in [0, 0.1) is 0 Å². The zero-order valence-electron chi connectivity index (χ0n) is 7.73. The van der Waals surface area contributed by atoms with E-state index in [2.05, 4.69) is 5.10 Å². The van der Waals surface area contributed by atoms with Gasteiger partial charge < -0.3 is 5.73 Å². The molecule has 0 bridgehead atoms. The highest BCUT2D eigenvalue weighted by atomic mass is 16.2. The summed E-state index contributed by atoms with van der Waals surface area (Å²) < 4.78 is 3.12. The van der Waals surface area contributed by atoms with Gasteiger partial charge in [0.15, 0.2) is 0 Å². The molecule has 1 aromatic heterocycles. The van der Waals surface area contributed by atoms with Crippen molar-refractivity contribution in [1.82, 2.24) is 14.3 Å². The molecule has 0 aliphatic carbocycles. The molecule has 72 valence electrons. The maximum absolute atomic E-state index is 11.5. The van der Waals surface area contributed by atoms with E-state index in [-0.39, 0.29) is 11.7 Å². The summed E-state index contributed by atoms with van der Waals surface area (Å²) in [6.45, 7) is 0.711.